The number of nitrogens with one attached hydrogen (secondary N) is 4. The number of rotatable bonds is 7. The van der Waals surface area contributed by atoms with Gasteiger partial charge in [0.05, 0.1) is 24.7 Å². The van der Waals surface area contributed by atoms with Gasteiger partial charge in [-0.1, -0.05) is 24.3 Å². The van der Waals surface area contributed by atoms with Gasteiger partial charge in [0.25, 0.3) is 0 Å². The third-order valence-corrected chi connectivity index (χ3v) is 6.07. The summed E-state index contributed by atoms with van der Waals surface area (Å²) in [5, 5.41) is 2.77. The van der Waals surface area contributed by atoms with Crippen molar-refractivity contribution in [3.8, 4) is 0 Å². The molecular formula is C24H27F3N6O2. The van der Waals surface area contributed by atoms with Gasteiger partial charge in [-0.25, -0.2) is 13.2 Å². The number of halogens is 3. The summed E-state index contributed by atoms with van der Waals surface area (Å²) in [7, 11) is 0. The van der Waals surface area contributed by atoms with Crippen molar-refractivity contribution in [1.29, 1.82) is 0 Å². The highest BCUT2D eigenvalue weighted by molar-refractivity contribution is 5.89. The molecule has 6 N–H and O–H groups in total. The van der Waals surface area contributed by atoms with Crippen LogP contribution < -0.4 is 27.4 Å². The van der Waals surface area contributed by atoms with Gasteiger partial charge in [-0.3, -0.25) is 9.59 Å². The molecule has 1 fully saturated rings. The minimum atomic E-state index is -1.37. The fraction of sp³-hybridized carbons (Fsp3) is 0.333. The van der Waals surface area contributed by atoms with E-state index >= 15 is 0 Å². The van der Waals surface area contributed by atoms with E-state index in [0.717, 1.165) is 0 Å². The largest absolute Gasteiger partial charge is 0.343 e. The molecule has 0 aromatic heterocycles. The van der Waals surface area contributed by atoms with E-state index in [9.17, 15) is 22.8 Å². The Balaban J connectivity index is 1.60. The standard InChI is InChI=1S/C24H27F3N6O2/c1-13(28)19-6-5-15(8-20(19)27)23(14-3-2-4-16(25)7-14)30-24(35)21-9-17(26)12-33(21)22(34)10-18-11-29-32-31-18/h2-8,11,13,17,21,23,29,31-32H,9-10,12,28H2,1H3,(H,30,35)/t13?,17-,21+,23+/m1/s1. The van der Waals surface area contributed by atoms with Crippen LogP contribution in [-0.2, 0) is 9.59 Å². The summed E-state index contributed by atoms with van der Waals surface area (Å²) in [4.78, 5) is 27.3. The van der Waals surface area contributed by atoms with Gasteiger partial charge in [0.2, 0.25) is 11.8 Å². The fourth-order valence-corrected chi connectivity index (χ4v) is 4.32. The molecule has 2 amide bonds. The van der Waals surface area contributed by atoms with Crippen LogP contribution in [-0.4, -0.2) is 35.5 Å². The van der Waals surface area contributed by atoms with Gasteiger partial charge in [-0.05, 0) is 36.2 Å². The molecule has 0 aliphatic carbocycles. The van der Waals surface area contributed by atoms with Gasteiger partial charge in [0, 0.05) is 24.2 Å². The lowest BCUT2D eigenvalue weighted by atomic mass is 9.95. The maximum Gasteiger partial charge on any atom is 0.243 e. The van der Waals surface area contributed by atoms with Crippen molar-refractivity contribution in [2.24, 2.45) is 5.73 Å². The minimum absolute atomic E-state index is 0.0617. The lowest BCUT2D eigenvalue weighted by molar-refractivity contribution is -0.138. The molecule has 1 saturated heterocycles. The van der Waals surface area contributed by atoms with E-state index in [2.05, 4.69) is 21.7 Å². The lowest BCUT2D eigenvalue weighted by Gasteiger charge is -2.27. The number of benzene rings is 2. The number of carbonyl (C=O) groups excluding carboxylic acids is 2. The number of hydrogen-bond acceptors (Lipinski definition) is 6. The predicted molar refractivity (Wildman–Crippen MR) is 123 cm³/mol. The second-order valence-corrected chi connectivity index (χ2v) is 8.70. The van der Waals surface area contributed by atoms with Crippen LogP contribution in [0.25, 0.3) is 0 Å². The van der Waals surface area contributed by atoms with Crippen molar-refractivity contribution in [3.63, 3.8) is 0 Å². The molecule has 4 rings (SSSR count). The molecule has 186 valence electrons. The summed E-state index contributed by atoms with van der Waals surface area (Å²) in [5.74, 6) is -2.14. The number of alkyl halides is 1. The van der Waals surface area contributed by atoms with E-state index in [1.54, 1.807) is 25.3 Å². The van der Waals surface area contributed by atoms with Crippen LogP contribution >= 0.6 is 0 Å². The Labute approximate surface area is 200 Å². The third kappa shape index (κ3) is 5.57. The molecule has 2 heterocycles. The summed E-state index contributed by atoms with van der Waals surface area (Å²) in [5.41, 5.74) is 15.4. The average molecular weight is 489 g/mol. The van der Waals surface area contributed by atoms with Gasteiger partial charge >= 0.3 is 0 Å². The number of nitrogens with two attached hydrogens (primary N) is 1. The molecule has 35 heavy (non-hydrogen) atoms. The highest BCUT2D eigenvalue weighted by Gasteiger charge is 2.40. The van der Waals surface area contributed by atoms with Crippen molar-refractivity contribution < 1.29 is 22.8 Å². The smallest absolute Gasteiger partial charge is 0.243 e. The highest BCUT2D eigenvalue weighted by Crippen LogP contribution is 2.28. The van der Waals surface area contributed by atoms with Crippen molar-refractivity contribution in [2.45, 2.75) is 44.1 Å². The van der Waals surface area contributed by atoms with Gasteiger partial charge in [-0.2, -0.15) is 5.53 Å². The van der Waals surface area contributed by atoms with Crippen LogP contribution in [0.4, 0.5) is 13.2 Å². The molecule has 2 aromatic rings. The first-order chi connectivity index (χ1) is 16.7. The maximum atomic E-state index is 14.7. The van der Waals surface area contributed by atoms with E-state index in [1.807, 2.05) is 0 Å². The molecule has 4 atom stereocenters. The molecule has 2 aromatic carbocycles. The molecule has 11 heteroatoms. The van der Waals surface area contributed by atoms with Crippen LogP contribution in [0.3, 0.4) is 0 Å². The Morgan fingerprint density at radius 2 is 1.97 bits per heavy atom. The normalized spacial score (nSPS) is 21.1. The van der Waals surface area contributed by atoms with E-state index in [4.69, 9.17) is 5.73 Å². The van der Waals surface area contributed by atoms with E-state index < -0.39 is 47.7 Å². The average Bonchev–Trinajstić information content (AvgIpc) is 3.46. The van der Waals surface area contributed by atoms with Gasteiger partial charge < -0.3 is 26.8 Å². The zero-order valence-corrected chi connectivity index (χ0v) is 19.0. The van der Waals surface area contributed by atoms with Crippen molar-refractivity contribution in [3.05, 3.63) is 82.7 Å². The summed E-state index contributed by atoms with van der Waals surface area (Å²) in [6.07, 6.45) is -0.0507. The Bertz CT molecular complexity index is 1140. The number of likely N-dealkylation sites (tertiary alicyclic amines) is 1. The molecule has 0 saturated carbocycles. The number of hydrazine groups is 2. The number of carbonyl (C=O) groups is 2. The lowest BCUT2D eigenvalue weighted by Crippen LogP contribution is -2.47. The maximum absolute atomic E-state index is 14.7. The van der Waals surface area contributed by atoms with Gasteiger partial charge in [0.15, 0.2) is 0 Å². The zero-order valence-electron chi connectivity index (χ0n) is 19.0. The first-order valence-electron chi connectivity index (χ1n) is 11.2. The summed E-state index contributed by atoms with van der Waals surface area (Å²) >= 11 is 0. The van der Waals surface area contributed by atoms with Crippen LogP contribution in [0.2, 0.25) is 0 Å². The SMILES string of the molecule is CC(N)c1ccc([C@@H](NC(=O)[C@@H]2C[C@@H](F)CN2C(=O)CC2=CNNN2)c2cccc(F)c2)cc1F. The molecule has 1 unspecified atom stereocenters. The van der Waals surface area contributed by atoms with Crippen LogP contribution in [0.15, 0.2) is 54.4 Å². The third-order valence-electron chi connectivity index (χ3n) is 6.07. The summed E-state index contributed by atoms with van der Waals surface area (Å²) in [6, 6.07) is 7.37. The fourth-order valence-electron chi connectivity index (χ4n) is 4.32. The second-order valence-electron chi connectivity index (χ2n) is 8.70. The highest BCUT2D eigenvalue weighted by atomic mass is 19.1. The van der Waals surface area contributed by atoms with Crippen LogP contribution in [0.1, 0.15) is 48.5 Å². The zero-order chi connectivity index (χ0) is 25.1. The van der Waals surface area contributed by atoms with E-state index in [-0.39, 0.29) is 19.4 Å². The van der Waals surface area contributed by atoms with Crippen molar-refractivity contribution >= 4 is 11.8 Å². The van der Waals surface area contributed by atoms with Gasteiger partial charge in [0.1, 0.15) is 23.8 Å². The molecule has 0 spiro atoms. The second kappa shape index (κ2) is 10.4. The van der Waals surface area contributed by atoms with Crippen LogP contribution in [0.5, 0.6) is 0 Å². The number of amides is 2. The number of hydrogen-bond donors (Lipinski definition) is 5. The van der Waals surface area contributed by atoms with Crippen molar-refractivity contribution in [1.82, 2.24) is 26.6 Å². The molecule has 0 bridgehead atoms. The van der Waals surface area contributed by atoms with E-state index in [0.29, 0.717) is 22.4 Å². The monoisotopic (exact) mass is 488 g/mol. The minimum Gasteiger partial charge on any atom is -0.343 e. The topological polar surface area (TPSA) is 112 Å². The summed E-state index contributed by atoms with van der Waals surface area (Å²) < 4.78 is 43.1. The first kappa shape index (κ1) is 24.6. The molecular weight excluding hydrogens is 461 g/mol. The molecule has 2 aliphatic heterocycles. The summed E-state index contributed by atoms with van der Waals surface area (Å²) in [6.45, 7) is 1.43. The quantitative estimate of drug-likeness (QED) is 0.408. The van der Waals surface area contributed by atoms with Gasteiger partial charge in [-0.15, -0.1) is 0 Å². The predicted octanol–water partition coefficient (Wildman–Crippen LogP) is 1.97. The molecule has 2 aliphatic rings. The first-order valence-corrected chi connectivity index (χ1v) is 11.2. The Morgan fingerprint density at radius 1 is 1.20 bits per heavy atom. The Morgan fingerprint density at radius 3 is 2.63 bits per heavy atom. The van der Waals surface area contributed by atoms with Crippen LogP contribution in [0, 0.1) is 11.6 Å². The number of nitrogens with zero attached hydrogens (tertiary/aromatic N) is 1. The molecule has 0 radical (unpaired) electrons. The van der Waals surface area contributed by atoms with E-state index in [1.165, 1.54) is 35.2 Å². The van der Waals surface area contributed by atoms with Crippen molar-refractivity contribution in [2.75, 3.05) is 6.54 Å². The Hall–Kier alpha value is -3.57. The molecule has 8 nitrogen and oxygen atoms in total. The Kier molecular flexibility index (Phi) is 7.27.